The largest absolute Gasteiger partial charge is 0.495 e. The van der Waals surface area contributed by atoms with E-state index in [-0.39, 0.29) is 5.91 Å². The zero-order chi connectivity index (χ0) is 16.7. The number of anilines is 1. The highest BCUT2D eigenvalue weighted by Gasteiger charge is 2.52. The molecule has 0 atom stereocenters. The van der Waals surface area contributed by atoms with Crippen LogP contribution in [-0.2, 0) is 10.2 Å². The van der Waals surface area contributed by atoms with E-state index in [2.05, 4.69) is 16.4 Å². The van der Waals surface area contributed by atoms with E-state index in [4.69, 9.17) is 16.3 Å². The molecule has 1 aliphatic rings. The average molecular weight is 341 g/mol. The molecule has 0 bridgehead atoms. The number of H-pyrrole nitrogens is 1. The summed E-state index contributed by atoms with van der Waals surface area (Å²) in [6, 6.07) is 13.3. The van der Waals surface area contributed by atoms with Gasteiger partial charge in [-0.25, -0.2) is 0 Å². The van der Waals surface area contributed by atoms with Gasteiger partial charge in [-0.1, -0.05) is 29.8 Å². The molecule has 2 aromatic carbocycles. The minimum Gasteiger partial charge on any atom is -0.495 e. The molecule has 1 aliphatic carbocycles. The van der Waals surface area contributed by atoms with Crippen LogP contribution in [0.4, 0.5) is 5.69 Å². The normalized spacial score (nSPS) is 15.2. The molecule has 1 amide bonds. The Bertz CT molecular complexity index is 928. The summed E-state index contributed by atoms with van der Waals surface area (Å²) in [6.07, 6.45) is 3.66. The van der Waals surface area contributed by atoms with Crippen LogP contribution in [0.15, 0.2) is 48.7 Å². The van der Waals surface area contributed by atoms with Crippen molar-refractivity contribution in [2.45, 2.75) is 18.3 Å². The number of aromatic amines is 1. The van der Waals surface area contributed by atoms with Crippen molar-refractivity contribution in [2.24, 2.45) is 0 Å². The van der Waals surface area contributed by atoms with Crippen molar-refractivity contribution in [3.63, 3.8) is 0 Å². The number of fused-ring (bicyclic) bond motifs is 1. The Balaban J connectivity index is 1.63. The van der Waals surface area contributed by atoms with Crippen LogP contribution in [0.25, 0.3) is 10.9 Å². The molecule has 0 saturated heterocycles. The number of nitrogens with one attached hydrogen (secondary N) is 2. The highest BCUT2D eigenvalue weighted by Crippen LogP contribution is 2.51. The molecule has 1 saturated carbocycles. The molecule has 3 aromatic rings. The first-order chi connectivity index (χ1) is 11.6. The second kappa shape index (κ2) is 5.56. The van der Waals surface area contributed by atoms with Crippen LogP contribution in [-0.4, -0.2) is 18.0 Å². The molecule has 5 heteroatoms. The topological polar surface area (TPSA) is 54.1 Å². The summed E-state index contributed by atoms with van der Waals surface area (Å²) in [6.45, 7) is 0. The molecule has 4 rings (SSSR count). The van der Waals surface area contributed by atoms with Crippen molar-refractivity contribution in [1.82, 2.24) is 4.98 Å². The van der Waals surface area contributed by atoms with Gasteiger partial charge < -0.3 is 15.0 Å². The Morgan fingerprint density at radius 2 is 2.04 bits per heavy atom. The maximum absolute atomic E-state index is 12.9. The van der Waals surface area contributed by atoms with Gasteiger partial charge in [-0.15, -0.1) is 0 Å². The SMILES string of the molecule is COc1ccc(NC(=O)C2(c3c[nH]c4ccccc34)CC2)cc1Cl. The van der Waals surface area contributed by atoms with Crippen LogP contribution in [0, 0.1) is 0 Å². The van der Waals surface area contributed by atoms with Crippen molar-refractivity contribution in [3.8, 4) is 5.75 Å². The lowest BCUT2D eigenvalue weighted by atomic mass is 9.94. The lowest BCUT2D eigenvalue weighted by Crippen LogP contribution is -2.27. The fourth-order valence-electron chi connectivity index (χ4n) is 3.21. The molecule has 0 radical (unpaired) electrons. The number of para-hydroxylation sites is 1. The number of aromatic nitrogens is 1. The van der Waals surface area contributed by atoms with Crippen molar-refractivity contribution in [3.05, 3.63) is 59.2 Å². The third-order valence-corrected chi connectivity index (χ3v) is 4.99. The second-order valence-corrected chi connectivity index (χ2v) is 6.54. The zero-order valence-corrected chi connectivity index (χ0v) is 14.0. The number of ether oxygens (including phenoxy) is 1. The predicted molar refractivity (Wildman–Crippen MR) is 95.8 cm³/mol. The lowest BCUT2D eigenvalue weighted by Gasteiger charge is -2.15. The minimum atomic E-state index is -0.452. The Morgan fingerprint density at radius 1 is 1.25 bits per heavy atom. The number of methoxy groups -OCH3 is 1. The monoisotopic (exact) mass is 340 g/mol. The Morgan fingerprint density at radius 3 is 2.75 bits per heavy atom. The first-order valence-electron chi connectivity index (χ1n) is 7.86. The van der Waals surface area contributed by atoms with E-state index in [1.165, 1.54) is 0 Å². The van der Waals surface area contributed by atoms with E-state index in [1.54, 1.807) is 25.3 Å². The number of hydrogen-bond donors (Lipinski definition) is 2. The Labute approximate surface area is 144 Å². The molecular formula is C19H17ClN2O2. The minimum absolute atomic E-state index is 0.00786. The van der Waals surface area contributed by atoms with Crippen LogP contribution >= 0.6 is 11.6 Å². The number of benzene rings is 2. The molecular weight excluding hydrogens is 324 g/mol. The third kappa shape index (κ3) is 2.34. The Kier molecular flexibility index (Phi) is 3.50. The number of rotatable bonds is 4. The van der Waals surface area contributed by atoms with Gasteiger partial charge in [-0.05, 0) is 42.7 Å². The van der Waals surface area contributed by atoms with E-state index in [0.717, 1.165) is 29.3 Å². The van der Waals surface area contributed by atoms with Gasteiger partial charge in [0.05, 0.1) is 17.5 Å². The van der Waals surface area contributed by atoms with Crippen LogP contribution < -0.4 is 10.1 Å². The predicted octanol–water partition coefficient (Wildman–Crippen LogP) is 4.50. The van der Waals surface area contributed by atoms with Gasteiger partial charge in [0.2, 0.25) is 5.91 Å². The molecule has 0 spiro atoms. The first kappa shape index (κ1) is 15.1. The van der Waals surface area contributed by atoms with Crippen molar-refractivity contribution in [1.29, 1.82) is 0 Å². The molecule has 122 valence electrons. The van der Waals surface area contributed by atoms with Crippen LogP contribution in [0.2, 0.25) is 5.02 Å². The molecule has 1 aromatic heterocycles. The number of hydrogen-bond acceptors (Lipinski definition) is 2. The highest BCUT2D eigenvalue weighted by molar-refractivity contribution is 6.32. The van der Waals surface area contributed by atoms with E-state index >= 15 is 0 Å². The summed E-state index contributed by atoms with van der Waals surface area (Å²) in [5.41, 5.74) is 2.35. The molecule has 0 unspecified atom stereocenters. The average Bonchev–Trinajstić information content (AvgIpc) is 3.28. The summed E-state index contributed by atoms with van der Waals surface area (Å²) in [7, 11) is 1.57. The van der Waals surface area contributed by atoms with Gasteiger partial charge in [0.25, 0.3) is 0 Å². The zero-order valence-electron chi connectivity index (χ0n) is 13.2. The summed E-state index contributed by atoms with van der Waals surface area (Å²) in [4.78, 5) is 16.2. The molecule has 0 aliphatic heterocycles. The van der Waals surface area contributed by atoms with E-state index in [9.17, 15) is 4.79 Å². The van der Waals surface area contributed by atoms with Gasteiger partial charge in [-0.2, -0.15) is 0 Å². The van der Waals surface area contributed by atoms with E-state index in [0.29, 0.717) is 16.5 Å². The van der Waals surface area contributed by atoms with Gasteiger partial charge >= 0.3 is 0 Å². The van der Waals surface area contributed by atoms with Crippen molar-refractivity contribution < 1.29 is 9.53 Å². The van der Waals surface area contributed by atoms with Crippen LogP contribution in [0.3, 0.4) is 0 Å². The smallest absolute Gasteiger partial charge is 0.235 e. The molecule has 2 N–H and O–H groups in total. The van der Waals surface area contributed by atoms with Gasteiger partial charge in [0, 0.05) is 22.8 Å². The highest BCUT2D eigenvalue weighted by atomic mass is 35.5. The lowest BCUT2D eigenvalue weighted by molar-refractivity contribution is -0.118. The standard InChI is InChI=1S/C19H17ClN2O2/c1-24-17-7-6-12(10-15(17)20)22-18(23)19(8-9-19)14-11-21-16-5-3-2-4-13(14)16/h2-7,10-11,21H,8-9H2,1H3,(H,22,23). The number of halogens is 1. The van der Waals surface area contributed by atoms with Gasteiger partial charge in [0.1, 0.15) is 5.75 Å². The maximum atomic E-state index is 12.9. The van der Waals surface area contributed by atoms with Crippen molar-refractivity contribution in [2.75, 3.05) is 12.4 Å². The second-order valence-electron chi connectivity index (χ2n) is 6.13. The molecule has 4 nitrogen and oxygen atoms in total. The summed E-state index contributed by atoms with van der Waals surface area (Å²) < 4.78 is 5.14. The number of carbonyl (C=O) groups excluding carboxylic acids is 1. The van der Waals surface area contributed by atoms with Crippen LogP contribution in [0.1, 0.15) is 18.4 Å². The molecule has 24 heavy (non-hydrogen) atoms. The number of amides is 1. The summed E-state index contributed by atoms with van der Waals surface area (Å²) in [5.74, 6) is 0.598. The first-order valence-corrected chi connectivity index (χ1v) is 8.23. The quantitative estimate of drug-likeness (QED) is 0.734. The van der Waals surface area contributed by atoms with Gasteiger partial charge in [-0.3, -0.25) is 4.79 Å². The van der Waals surface area contributed by atoms with Crippen molar-refractivity contribution >= 4 is 34.1 Å². The summed E-state index contributed by atoms with van der Waals surface area (Å²) in [5, 5.41) is 4.59. The van der Waals surface area contributed by atoms with E-state index < -0.39 is 5.41 Å². The fourth-order valence-corrected chi connectivity index (χ4v) is 3.46. The Hall–Kier alpha value is -2.46. The van der Waals surface area contributed by atoms with E-state index in [1.807, 2.05) is 24.4 Å². The fraction of sp³-hybridized carbons (Fsp3) is 0.211. The third-order valence-electron chi connectivity index (χ3n) is 4.70. The van der Waals surface area contributed by atoms with Crippen LogP contribution in [0.5, 0.6) is 5.75 Å². The number of carbonyl (C=O) groups is 1. The van der Waals surface area contributed by atoms with Gasteiger partial charge in [0.15, 0.2) is 0 Å². The summed E-state index contributed by atoms with van der Waals surface area (Å²) >= 11 is 6.14. The molecule has 1 heterocycles. The molecule has 1 fully saturated rings. The maximum Gasteiger partial charge on any atom is 0.235 e.